The summed E-state index contributed by atoms with van der Waals surface area (Å²) in [7, 11) is 0. The van der Waals surface area contributed by atoms with Gasteiger partial charge in [0.05, 0.1) is 0 Å². The maximum absolute atomic E-state index is 12.4. The maximum Gasteiger partial charge on any atom is 0.243 e. The minimum atomic E-state index is -0.785. The van der Waals surface area contributed by atoms with Crippen LogP contribution >= 0.6 is 0 Å². The van der Waals surface area contributed by atoms with Crippen molar-refractivity contribution in [3.05, 3.63) is 48.6 Å². The number of benzene rings is 1. The third-order valence-corrected chi connectivity index (χ3v) is 3.30. The highest BCUT2D eigenvalue weighted by molar-refractivity contribution is 5.91. The fraction of sp³-hybridized carbons (Fsp3) is 0.353. The average molecular weight is 317 g/mol. The number of hydrogen-bond acceptors (Lipinski definition) is 3. The molecule has 6 heteroatoms. The number of primary amides is 1. The summed E-state index contributed by atoms with van der Waals surface area (Å²) >= 11 is 0. The lowest BCUT2D eigenvalue weighted by Gasteiger charge is -2.21. The predicted octanol–water partition coefficient (Wildman–Crippen LogP) is 0.670. The molecule has 23 heavy (non-hydrogen) atoms. The highest BCUT2D eigenvalue weighted by atomic mass is 16.2. The maximum atomic E-state index is 12.4. The third-order valence-electron chi connectivity index (χ3n) is 3.30. The first-order valence-electron chi connectivity index (χ1n) is 7.45. The van der Waals surface area contributed by atoms with Gasteiger partial charge in [-0.15, -0.1) is 6.58 Å². The fourth-order valence-corrected chi connectivity index (χ4v) is 2.15. The largest absolute Gasteiger partial charge is 0.368 e. The Morgan fingerprint density at radius 3 is 2.35 bits per heavy atom. The van der Waals surface area contributed by atoms with E-state index >= 15 is 0 Å². The van der Waals surface area contributed by atoms with E-state index < -0.39 is 23.9 Å². The lowest BCUT2D eigenvalue weighted by Crippen LogP contribution is -2.53. The van der Waals surface area contributed by atoms with Gasteiger partial charge in [0, 0.05) is 13.3 Å². The van der Waals surface area contributed by atoms with Crippen LogP contribution in [-0.4, -0.2) is 29.8 Å². The summed E-state index contributed by atoms with van der Waals surface area (Å²) in [6, 6.07) is 7.77. The molecule has 0 radical (unpaired) electrons. The Kier molecular flexibility index (Phi) is 7.53. The van der Waals surface area contributed by atoms with Crippen molar-refractivity contribution >= 4 is 17.7 Å². The van der Waals surface area contributed by atoms with E-state index in [1.54, 1.807) is 6.08 Å². The number of carbonyl (C=O) groups is 3. The molecular formula is C17H23N3O3. The quantitative estimate of drug-likeness (QED) is 0.583. The van der Waals surface area contributed by atoms with Gasteiger partial charge in [0.2, 0.25) is 17.7 Å². The summed E-state index contributed by atoms with van der Waals surface area (Å²) in [6.45, 7) is 4.92. The molecule has 0 saturated carbocycles. The Balaban J connectivity index is 2.79. The SMILES string of the molecule is C=CCC[C@@H](NC(=O)[C@H](Cc1ccccc1)NC(C)=O)C(N)=O. The molecule has 3 amide bonds. The van der Waals surface area contributed by atoms with E-state index in [-0.39, 0.29) is 5.91 Å². The summed E-state index contributed by atoms with van der Waals surface area (Å²) in [6.07, 6.45) is 2.91. The van der Waals surface area contributed by atoms with E-state index in [9.17, 15) is 14.4 Å². The molecule has 1 aromatic rings. The van der Waals surface area contributed by atoms with Crippen LogP contribution in [0.1, 0.15) is 25.3 Å². The van der Waals surface area contributed by atoms with Gasteiger partial charge in [-0.1, -0.05) is 36.4 Å². The van der Waals surface area contributed by atoms with Gasteiger partial charge in [-0.3, -0.25) is 14.4 Å². The second kappa shape index (κ2) is 9.40. The van der Waals surface area contributed by atoms with E-state index in [0.717, 1.165) is 5.56 Å². The van der Waals surface area contributed by atoms with Crippen LogP contribution in [0.5, 0.6) is 0 Å². The number of allylic oxidation sites excluding steroid dienone is 1. The Morgan fingerprint density at radius 2 is 1.83 bits per heavy atom. The Hall–Kier alpha value is -2.63. The Bertz CT molecular complexity index is 557. The molecule has 2 atom stereocenters. The third kappa shape index (κ3) is 6.78. The van der Waals surface area contributed by atoms with E-state index in [4.69, 9.17) is 5.73 Å². The summed E-state index contributed by atoms with van der Waals surface area (Å²) in [4.78, 5) is 35.2. The molecule has 0 aromatic heterocycles. The standard InChI is InChI=1S/C17H23N3O3/c1-3-4-10-14(16(18)22)20-17(23)15(19-12(2)21)11-13-8-6-5-7-9-13/h3,5-9,14-15H,1,4,10-11H2,2H3,(H2,18,22)(H,19,21)(H,20,23)/t14-,15+/m1/s1. The molecule has 0 fully saturated rings. The molecule has 0 unspecified atom stereocenters. The van der Waals surface area contributed by atoms with Crippen LogP contribution in [0.25, 0.3) is 0 Å². The first-order chi connectivity index (χ1) is 10.9. The van der Waals surface area contributed by atoms with Crippen LogP contribution in [0.2, 0.25) is 0 Å². The lowest BCUT2D eigenvalue weighted by atomic mass is 10.0. The summed E-state index contributed by atoms with van der Waals surface area (Å²) in [5.41, 5.74) is 6.21. The van der Waals surface area contributed by atoms with Crippen molar-refractivity contribution in [3.8, 4) is 0 Å². The minimum Gasteiger partial charge on any atom is -0.368 e. The molecule has 0 spiro atoms. The van der Waals surface area contributed by atoms with Crippen LogP contribution in [0.3, 0.4) is 0 Å². The van der Waals surface area contributed by atoms with Crippen LogP contribution in [-0.2, 0) is 20.8 Å². The monoisotopic (exact) mass is 317 g/mol. The number of hydrogen-bond donors (Lipinski definition) is 3. The first kappa shape index (κ1) is 18.4. The number of amides is 3. The van der Waals surface area contributed by atoms with E-state index in [1.165, 1.54) is 6.92 Å². The van der Waals surface area contributed by atoms with Gasteiger partial charge in [-0.2, -0.15) is 0 Å². The van der Waals surface area contributed by atoms with Crippen molar-refractivity contribution < 1.29 is 14.4 Å². The molecular weight excluding hydrogens is 294 g/mol. The zero-order chi connectivity index (χ0) is 17.2. The van der Waals surface area contributed by atoms with Crippen molar-refractivity contribution in [2.75, 3.05) is 0 Å². The topological polar surface area (TPSA) is 101 Å². The Morgan fingerprint density at radius 1 is 1.17 bits per heavy atom. The highest BCUT2D eigenvalue weighted by Crippen LogP contribution is 2.05. The number of nitrogens with two attached hydrogens (primary N) is 1. The Labute approximate surface area is 136 Å². The zero-order valence-corrected chi connectivity index (χ0v) is 13.2. The smallest absolute Gasteiger partial charge is 0.243 e. The van der Waals surface area contributed by atoms with Crippen LogP contribution < -0.4 is 16.4 Å². The average Bonchev–Trinajstić information content (AvgIpc) is 2.50. The zero-order valence-electron chi connectivity index (χ0n) is 13.2. The van der Waals surface area contributed by atoms with Crippen LogP contribution in [0.4, 0.5) is 0 Å². The number of rotatable bonds is 9. The lowest BCUT2D eigenvalue weighted by molar-refractivity contribution is -0.130. The van der Waals surface area contributed by atoms with Gasteiger partial charge in [-0.25, -0.2) is 0 Å². The molecule has 0 bridgehead atoms. The van der Waals surface area contributed by atoms with E-state index in [2.05, 4.69) is 17.2 Å². The molecule has 1 aromatic carbocycles. The van der Waals surface area contributed by atoms with Crippen molar-refractivity contribution in [2.45, 2.75) is 38.3 Å². The molecule has 0 saturated heterocycles. The normalized spacial score (nSPS) is 12.7. The fourth-order valence-electron chi connectivity index (χ4n) is 2.15. The van der Waals surface area contributed by atoms with Gasteiger partial charge in [-0.05, 0) is 18.4 Å². The molecule has 124 valence electrons. The number of nitrogens with one attached hydrogen (secondary N) is 2. The van der Waals surface area contributed by atoms with Gasteiger partial charge in [0.1, 0.15) is 12.1 Å². The molecule has 0 aliphatic carbocycles. The van der Waals surface area contributed by atoms with Gasteiger partial charge < -0.3 is 16.4 Å². The van der Waals surface area contributed by atoms with E-state index in [1.807, 2.05) is 30.3 Å². The van der Waals surface area contributed by atoms with Gasteiger partial charge in [0.25, 0.3) is 0 Å². The van der Waals surface area contributed by atoms with Crippen molar-refractivity contribution in [1.29, 1.82) is 0 Å². The summed E-state index contributed by atoms with van der Waals surface area (Å²) in [5.74, 6) is -1.36. The molecule has 0 aliphatic heterocycles. The minimum absolute atomic E-state index is 0.317. The predicted molar refractivity (Wildman–Crippen MR) is 88.3 cm³/mol. The molecule has 0 aliphatic rings. The van der Waals surface area contributed by atoms with Gasteiger partial charge in [0.15, 0.2) is 0 Å². The number of carbonyl (C=O) groups excluding carboxylic acids is 3. The second-order valence-corrected chi connectivity index (χ2v) is 5.27. The van der Waals surface area contributed by atoms with Crippen molar-refractivity contribution in [3.63, 3.8) is 0 Å². The second-order valence-electron chi connectivity index (χ2n) is 5.27. The summed E-state index contributed by atoms with van der Waals surface area (Å²) in [5, 5.41) is 5.21. The summed E-state index contributed by atoms with van der Waals surface area (Å²) < 4.78 is 0. The molecule has 6 nitrogen and oxygen atoms in total. The first-order valence-corrected chi connectivity index (χ1v) is 7.45. The van der Waals surface area contributed by atoms with E-state index in [0.29, 0.717) is 19.3 Å². The van der Waals surface area contributed by atoms with Crippen LogP contribution in [0.15, 0.2) is 43.0 Å². The van der Waals surface area contributed by atoms with Crippen molar-refractivity contribution in [2.24, 2.45) is 5.73 Å². The highest BCUT2D eigenvalue weighted by Gasteiger charge is 2.24. The van der Waals surface area contributed by atoms with Gasteiger partial charge >= 0.3 is 0 Å². The molecule has 1 rings (SSSR count). The van der Waals surface area contributed by atoms with Crippen LogP contribution in [0, 0.1) is 0 Å². The molecule has 0 heterocycles. The molecule has 4 N–H and O–H groups in total. The van der Waals surface area contributed by atoms with Crippen molar-refractivity contribution in [1.82, 2.24) is 10.6 Å².